The number of benzene rings is 2. The standard InChI is InChI=1S/C28H29N3O8S2/c1-4-38-28(35)23-17(2)24(25(33)29-3)40-26(23)30-22(32)16-39-27(34)19-10-7-11-21(14-19)41(36,37)31-13-12-18-8-5-6-9-20(18)15-31/h5-11,14H,4,12-13,15-16H2,1-3H3,(H,29,33)(H,30,32). The Balaban J connectivity index is 1.44. The molecule has 1 aliphatic rings. The molecule has 0 radical (unpaired) electrons. The highest BCUT2D eigenvalue weighted by atomic mass is 32.2. The van der Waals surface area contributed by atoms with E-state index in [0.717, 1.165) is 22.5 Å². The molecular weight excluding hydrogens is 570 g/mol. The number of nitrogens with zero attached hydrogens (tertiary/aromatic N) is 1. The van der Waals surface area contributed by atoms with Crippen molar-refractivity contribution in [1.82, 2.24) is 9.62 Å². The maximum Gasteiger partial charge on any atom is 0.341 e. The Bertz CT molecular complexity index is 1610. The molecule has 2 amide bonds. The molecule has 0 fully saturated rings. The number of sulfonamides is 1. The van der Waals surface area contributed by atoms with Gasteiger partial charge in [0.1, 0.15) is 5.00 Å². The third-order valence-electron chi connectivity index (χ3n) is 6.45. The van der Waals surface area contributed by atoms with Gasteiger partial charge in [0.25, 0.3) is 11.8 Å². The topological polar surface area (TPSA) is 148 Å². The minimum Gasteiger partial charge on any atom is -0.462 e. The van der Waals surface area contributed by atoms with Crippen LogP contribution in [0.15, 0.2) is 53.4 Å². The molecule has 0 unspecified atom stereocenters. The highest BCUT2D eigenvalue weighted by Gasteiger charge is 2.29. The van der Waals surface area contributed by atoms with Crippen LogP contribution in [0.5, 0.6) is 0 Å². The average molecular weight is 600 g/mol. The van der Waals surface area contributed by atoms with Gasteiger partial charge in [0.2, 0.25) is 10.0 Å². The lowest BCUT2D eigenvalue weighted by Gasteiger charge is -2.28. The molecule has 2 N–H and O–H groups in total. The van der Waals surface area contributed by atoms with E-state index in [-0.39, 0.29) is 39.1 Å². The first kappa shape index (κ1) is 29.9. The smallest absolute Gasteiger partial charge is 0.341 e. The molecule has 1 aliphatic heterocycles. The van der Waals surface area contributed by atoms with E-state index in [1.54, 1.807) is 13.8 Å². The summed E-state index contributed by atoms with van der Waals surface area (Å²) in [6.45, 7) is 3.10. The Kier molecular flexibility index (Phi) is 9.21. The van der Waals surface area contributed by atoms with Crippen LogP contribution in [-0.2, 0) is 37.3 Å². The van der Waals surface area contributed by atoms with E-state index in [1.165, 1.54) is 35.6 Å². The number of esters is 2. The summed E-state index contributed by atoms with van der Waals surface area (Å²) in [5.41, 5.74) is 2.37. The molecule has 216 valence electrons. The number of rotatable bonds is 9. The second-order valence-corrected chi connectivity index (χ2v) is 12.0. The van der Waals surface area contributed by atoms with Gasteiger partial charge < -0.3 is 20.1 Å². The van der Waals surface area contributed by atoms with Crippen LogP contribution in [0.3, 0.4) is 0 Å². The lowest BCUT2D eigenvalue weighted by atomic mass is 10.0. The molecule has 0 aliphatic carbocycles. The zero-order valence-corrected chi connectivity index (χ0v) is 24.3. The lowest BCUT2D eigenvalue weighted by Crippen LogP contribution is -2.36. The van der Waals surface area contributed by atoms with Crippen molar-refractivity contribution in [3.63, 3.8) is 0 Å². The van der Waals surface area contributed by atoms with E-state index in [4.69, 9.17) is 9.47 Å². The molecule has 11 nitrogen and oxygen atoms in total. The van der Waals surface area contributed by atoms with Crippen LogP contribution < -0.4 is 10.6 Å². The number of hydrogen-bond donors (Lipinski definition) is 2. The van der Waals surface area contributed by atoms with E-state index < -0.39 is 40.4 Å². The van der Waals surface area contributed by atoms with Gasteiger partial charge in [-0.1, -0.05) is 30.3 Å². The van der Waals surface area contributed by atoms with Crippen molar-refractivity contribution in [3.8, 4) is 0 Å². The lowest BCUT2D eigenvalue weighted by molar-refractivity contribution is -0.119. The first-order valence-corrected chi connectivity index (χ1v) is 15.0. The zero-order valence-electron chi connectivity index (χ0n) is 22.7. The van der Waals surface area contributed by atoms with Crippen molar-refractivity contribution in [2.24, 2.45) is 0 Å². The summed E-state index contributed by atoms with van der Waals surface area (Å²) in [5, 5.41) is 5.06. The largest absolute Gasteiger partial charge is 0.462 e. The van der Waals surface area contributed by atoms with Gasteiger partial charge in [0.05, 0.1) is 27.5 Å². The van der Waals surface area contributed by atoms with Crippen molar-refractivity contribution in [2.45, 2.75) is 31.7 Å². The summed E-state index contributed by atoms with van der Waals surface area (Å²) in [6, 6.07) is 13.1. The number of thiophene rings is 1. The van der Waals surface area contributed by atoms with Gasteiger partial charge in [-0.2, -0.15) is 4.31 Å². The number of carbonyl (C=O) groups is 4. The fourth-order valence-electron chi connectivity index (χ4n) is 4.37. The Morgan fingerprint density at radius 3 is 2.44 bits per heavy atom. The Morgan fingerprint density at radius 2 is 1.73 bits per heavy atom. The Labute approximate surface area is 241 Å². The molecule has 3 aromatic rings. The summed E-state index contributed by atoms with van der Waals surface area (Å²) < 4.78 is 38.2. The molecule has 0 atom stereocenters. The molecule has 2 aromatic carbocycles. The van der Waals surface area contributed by atoms with Crippen LogP contribution in [0.1, 0.15) is 54.0 Å². The maximum atomic E-state index is 13.3. The van der Waals surface area contributed by atoms with Gasteiger partial charge in [0.15, 0.2) is 6.61 Å². The summed E-state index contributed by atoms with van der Waals surface area (Å²) >= 11 is 0.889. The summed E-state index contributed by atoms with van der Waals surface area (Å²) in [7, 11) is -2.45. The van der Waals surface area contributed by atoms with Gasteiger partial charge in [-0.3, -0.25) is 9.59 Å². The van der Waals surface area contributed by atoms with E-state index >= 15 is 0 Å². The molecule has 13 heteroatoms. The van der Waals surface area contributed by atoms with Crippen LogP contribution in [0, 0.1) is 6.92 Å². The predicted molar refractivity (Wildman–Crippen MR) is 151 cm³/mol. The summed E-state index contributed by atoms with van der Waals surface area (Å²) in [5.74, 6) is -2.81. The van der Waals surface area contributed by atoms with Gasteiger partial charge in [-0.05, 0) is 55.2 Å². The number of nitrogens with one attached hydrogen (secondary N) is 2. The normalized spacial score (nSPS) is 13.1. The van der Waals surface area contributed by atoms with E-state index in [2.05, 4.69) is 10.6 Å². The summed E-state index contributed by atoms with van der Waals surface area (Å²) in [4.78, 5) is 50.2. The molecule has 0 bridgehead atoms. The van der Waals surface area contributed by atoms with Crippen LogP contribution in [0.4, 0.5) is 5.00 Å². The van der Waals surface area contributed by atoms with E-state index in [0.29, 0.717) is 18.5 Å². The van der Waals surface area contributed by atoms with Crippen molar-refractivity contribution in [1.29, 1.82) is 0 Å². The minimum absolute atomic E-state index is 0.0355. The fraction of sp³-hybridized carbons (Fsp3) is 0.286. The van der Waals surface area contributed by atoms with Crippen molar-refractivity contribution in [3.05, 3.63) is 81.2 Å². The molecule has 0 saturated carbocycles. The van der Waals surface area contributed by atoms with Crippen molar-refractivity contribution in [2.75, 3.05) is 32.1 Å². The molecule has 0 saturated heterocycles. The van der Waals surface area contributed by atoms with Gasteiger partial charge in [0, 0.05) is 20.1 Å². The van der Waals surface area contributed by atoms with Crippen LogP contribution in [0.2, 0.25) is 0 Å². The second kappa shape index (κ2) is 12.6. The van der Waals surface area contributed by atoms with Crippen LogP contribution in [0.25, 0.3) is 0 Å². The van der Waals surface area contributed by atoms with Crippen LogP contribution in [-0.4, -0.2) is 63.3 Å². The second-order valence-electron chi connectivity index (χ2n) is 9.07. The van der Waals surface area contributed by atoms with Crippen molar-refractivity contribution < 1.29 is 37.1 Å². The van der Waals surface area contributed by atoms with Gasteiger partial charge in [-0.15, -0.1) is 11.3 Å². The highest BCUT2D eigenvalue weighted by Crippen LogP contribution is 2.34. The first-order chi connectivity index (χ1) is 19.6. The quantitative estimate of drug-likeness (QED) is 0.357. The van der Waals surface area contributed by atoms with Gasteiger partial charge in [-0.25, -0.2) is 18.0 Å². The zero-order chi connectivity index (χ0) is 29.7. The molecule has 4 rings (SSSR count). The van der Waals surface area contributed by atoms with E-state index in [9.17, 15) is 27.6 Å². The minimum atomic E-state index is -3.89. The highest BCUT2D eigenvalue weighted by molar-refractivity contribution is 7.89. The predicted octanol–water partition coefficient (Wildman–Crippen LogP) is 3.14. The number of amides is 2. The molecular formula is C28H29N3O8S2. The SMILES string of the molecule is CCOC(=O)c1c(NC(=O)COC(=O)c2cccc(S(=O)(=O)N3CCc4ccccc4C3)c2)sc(C(=O)NC)c1C. The summed E-state index contributed by atoms with van der Waals surface area (Å²) in [6.07, 6.45) is 0.582. The number of ether oxygens (including phenoxy) is 2. The Morgan fingerprint density at radius 1 is 1.00 bits per heavy atom. The molecule has 0 spiro atoms. The number of hydrogen-bond acceptors (Lipinski definition) is 9. The monoisotopic (exact) mass is 599 g/mol. The third-order valence-corrected chi connectivity index (χ3v) is 9.50. The van der Waals surface area contributed by atoms with Crippen molar-refractivity contribution >= 4 is 50.1 Å². The molecule has 2 heterocycles. The Hall–Kier alpha value is -4.07. The van der Waals surface area contributed by atoms with Crippen LogP contribution >= 0.6 is 11.3 Å². The average Bonchev–Trinajstić information content (AvgIpc) is 3.30. The maximum absolute atomic E-state index is 13.3. The first-order valence-electron chi connectivity index (χ1n) is 12.7. The number of anilines is 1. The molecule has 41 heavy (non-hydrogen) atoms. The van der Waals surface area contributed by atoms with E-state index in [1.807, 2.05) is 24.3 Å². The third kappa shape index (κ3) is 6.47. The molecule has 1 aromatic heterocycles. The fourth-order valence-corrected chi connectivity index (χ4v) is 6.99. The number of fused-ring (bicyclic) bond motifs is 1. The van der Waals surface area contributed by atoms with Gasteiger partial charge >= 0.3 is 11.9 Å². The number of carbonyl (C=O) groups excluding carboxylic acids is 4.